The van der Waals surface area contributed by atoms with Gasteiger partial charge in [0.15, 0.2) is 0 Å². The summed E-state index contributed by atoms with van der Waals surface area (Å²) in [4.78, 5) is 17.5. The highest BCUT2D eigenvalue weighted by Gasteiger charge is 2.43. The number of hydrogen-bond donors (Lipinski definition) is 2. The fraction of sp³-hybridized carbons (Fsp3) is 0.304. The molecule has 2 aromatic carbocycles. The predicted octanol–water partition coefficient (Wildman–Crippen LogP) is 4.27. The van der Waals surface area contributed by atoms with E-state index in [0.717, 1.165) is 36.1 Å². The second-order valence-electron chi connectivity index (χ2n) is 7.82. The number of pyridine rings is 1. The van der Waals surface area contributed by atoms with Crippen molar-refractivity contribution in [3.05, 3.63) is 71.8 Å². The quantitative estimate of drug-likeness (QED) is 0.693. The van der Waals surface area contributed by atoms with Crippen LogP contribution in [-0.2, 0) is 5.41 Å². The molecule has 0 spiro atoms. The summed E-state index contributed by atoms with van der Waals surface area (Å²) < 4.78 is 0. The zero-order chi connectivity index (χ0) is 18.3. The second kappa shape index (κ2) is 6.38. The van der Waals surface area contributed by atoms with E-state index in [1.54, 1.807) is 0 Å². The normalized spacial score (nSPS) is 17.5. The molecule has 0 unspecified atom stereocenters. The lowest BCUT2D eigenvalue weighted by Crippen LogP contribution is -2.26. The first-order valence-corrected chi connectivity index (χ1v) is 9.74. The molecular formula is C23H23N3O. The topological polar surface area (TPSA) is 54.0 Å². The summed E-state index contributed by atoms with van der Waals surface area (Å²) in [6.07, 6.45) is 4.54. The number of nitrogens with one attached hydrogen (secondary N) is 2. The zero-order valence-electron chi connectivity index (χ0n) is 15.2. The Kier molecular flexibility index (Phi) is 3.85. The van der Waals surface area contributed by atoms with Gasteiger partial charge in [0.05, 0.1) is 11.1 Å². The van der Waals surface area contributed by atoms with Crippen molar-refractivity contribution in [1.82, 2.24) is 10.3 Å². The molecule has 0 bridgehead atoms. The molecule has 136 valence electrons. The van der Waals surface area contributed by atoms with E-state index in [9.17, 15) is 4.79 Å². The Bertz CT molecular complexity index is 991. The van der Waals surface area contributed by atoms with Gasteiger partial charge in [-0.25, -0.2) is 4.98 Å². The van der Waals surface area contributed by atoms with Gasteiger partial charge in [-0.05, 0) is 43.4 Å². The Labute approximate surface area is 159 Å². The van der Waals surface area contributed by atoms with Crippen LogP contribution < -0.4 is 10.6 Å². The van der Waals surface area contributed by atoms with Crippen molar-refractivity contribution >= 4 is 22.6 Å². The Morgan fingerprint density at radius 3 is 2.52 bits per heavy atom. The SMILES string of the molecule is O=C(NC1CC1)c1cc(NCC2(c3ccccc3)CC2)nc2ccccc12. The molecular weight excluding hydrogens is 334 g/mol. The Balaban J connectivity index is 1.42. The van der Waals surface area contributed by atoms with Crippen molar-refractivity contribution in [3.8, 4) is 0 Å². The minimum absolute atomic E-state index is 0.00310. The van der Waals surface area contributed by atoms with Crippen LogP contribution in [-0.4, -0.2) is 23.5 Å². The highest BCUT2D eigenvalue weighted by atomic mass is 16.1. The van der Waals surface area contributed by atoms with Crippen LogP contribution in [0.2, 0.25) is 0 Å². The molecule has 2 N–H and O–H groups in total. The van der Waals surface area contributed by atoms with Gasteiger partial charge in [-0.15, -0.1) is 0 Å². The third-order valence-corrected chi connectivity index (χ3v) is 5.72. The van der Waals surface area contributed by atoms with Gasteiger partial charge in [0, 0.05) is 23.4 Å². The van der Waals surface area contributed by atoms with Crippen LogP contribution in [0.25, 0.3) is 10.9 Å². The van der Waals surface area contributed by atoms with Gasteiger partial charge in [0.25, 0.3) is 5.91 Å². The molecule has 0 saturated heterocycles. The maximum Gasteiger partial charge on any atom is 0.252 e. The molecule has 0 aliphatic heterocycles. The summed E-state index contributed by atoms with van der Waals surface area (Å²) in [5, 5.41) is 7.52. The summed E-state index contributed by atoms with van der Waals surface area (Å²) in [7, 11) is 0. The fourth-order valence-corrected chi connectivity index (χ4v) is 3.71. The first kappa shape index (κ1) is 16.3. The van der Waals surface area contributed by atoms with E-state index in [-0.39, 0.29) is 11.3 Å². The predicted molar refractivity (Wildman–Crippen MR) is 108 cm³/mol. The van der Waals surface area contributed by atoms with E-state index in [4.69, 9.17) is 4.98 Å². The van der Waals surface area contributed by atoms with Gasteiger partial charge in [0.2, 0.25) is 0 Å². The van der Waals surface area contributed by atoms with Crippen LogP contribution in [0.1, 0.15) is 41.6 Å². The maximum atomic E-state index is 12.7. The summed E-state index contributed by atoms with van der Waals surface area (Å²) in [6.45, 7) is 0.839. The summed E-state index contributed by atoms with van der Waals surface area (Å²) in [6, 6.07) is 20.8. The molecule has 27 heavy (non-hydrogen) atoms. The van der Waals surface area contributed by atoms with Gasteiger partial charge in [-0.2, -0.15) is 0 Å². The Morgan fingerprint density at radius 2 is 1.78 bits per heavy atom. The van der Waals surface area contributed by atoms with Crippen LogP contribution in [0.4, 0.5) is 5.82 Å². The third kappa shape index (κ3) is 3.27. The van der Waals surface area contributed by atoms with E-state index in [0.29, 0.717) is 11.6 Å². The van der Waals surface area contributed by atoms with Gasteiger partial charge in [-0.3, -0.25) is 4.79 Å². The summed E-state index contributed by atoms with van der Waals surface area (Å²) in [5.74, 6) is 0.778. The molecule has 5 rings (SSSR count). The number of fused-ring (bicyclic) bond motifs is 1. The molecule has 1 aromatic heterocycles. The molecule has 1 amide bonds. The standard InChI is InChI=1S/C23H23N3O/c27-22(25-17-10-11-17)19-14-21(26-20-9-5-4-8-18(19)20)24-15-23(12-13-23)16-6-2-1-3-7-16/h1-9,14,17H,10-13,15H2,(H,24,26)(H,25,27). The monoisotopic (exact) mass is 357 g/mol. The Morgan fingerprint density at radius 1 is 1.04 bits per heavy atom. The highest BCUT2D eigenvalue weighted by Crippen LogP contribution is 2.48. The number of hydrogen-bond acceptors (Lipinski definition) is 3. The van der Waals surface area contributed by atoms with Crippen molar-refractivity contribution in [2.45, 2.75) is 37.1 Å². The fourth-order valence-electron chi connectivity index (χ4n) is 3.71. The second-order valence-corrected chi connectivity index (χ2v) is 7.82. The number of carbonyl (C=O) groups is 1. The van der Waals surface area contributed by atoms with E-state index in [1.807, 2.05) is 30.3 Å². The zero-order valence-corrected chi connectivity index (χ0v) is 15.2. The summed E-state index contributed by atoms with van der Waals surface area (Å²) in [5.41, 5.74) is 3.14. The van der Waals surface area contributed by atoms with Crippen LogP contribution in [0.5, 0.6) is 0 Å². The van der Waals surface area contributed by atoms with Gasteiger partial charge < -0.3 is 10.6 Å². The number of amides is 1. The molecule has 2 saturated carbocycles. The average molecular weight is 357 g/mol. The number of benzene rings is 2. The van der Waals surface area contributed by atoms with Crippen molar-refractivity contribution in [3.63, 3.8) is 0 Å². The van der Waals surface area contributed by atoms with Crippen LogP contribution in [0, 0.1) is 0 Å². The molecule has 4 heteroatoms. The first-order valence-electron chi connectivity index (χ1n) is 9.74. The highest BCUT2D eigenvalue weighted by molar-refractivity contribution is 6.07. The van der Waals surface area contributed by atoms with E-state index < -0.39 is 0 Å². The number of rotatable bonds is 6. The van der Waals surface area contributed by atoms with Crippen molar-refractivity contribution in [2.75, 3.05) is 11.9 Å². The molecule has 4 nitrogen and oxygen atoms in total. The van der Waals surface area contributed by atoms with Crippen molar-refractivity contribution in [2.24, 2.45) is 0 Å². The first-order chi connectivity index (χ1) is 13.2. The number of carbonyl (C=O) groups excluding carboxylic acids is 1. The third-order valence-electron chi connectivity index (χ3n) is 5.72. The van der Waals surface area contributed by atoms with E-state index in [1.165, 1.54) is 18.4 Å². The number of aromatic nitrogens is 1. The molecule has 0 radical (unpaired) electrons. The lowest BCUT2D eigenvalue weighted by Gasteiger charge is -2.18. The van der Waals surface area contributed by atoms with Crippen LogP contribution >= 0.6 is 0 Å². The van der Waals surface area contributed by atoms with Gasteiger partial charge in [-0.1, -0.05) is 48.5 Å². The van der Waals surface area contributed by atoms with Crippen molar-refractivity contribution < 1.29 is 4.79 Å². The smallest absolute Gasteiger partial charge is 0.252 e. The number of para-hydroxylation sites is 1. The molecule has 3 aromatic rings. The maximum absolute atomic E-state index is 12.7. The minimum Gasteiger partial charge on any atom is -0.369 e. The summed E-state index contributed by atoms with van der Waals surface area (Å²) >= 11 is 0. The van der Waals surface area contributed by atoms with Crippen LogP contribution in [0.3, 0.4) is 0 Å². The number of anilines is 1. The largest absolute Gasteiger partial charge is 0.369 e. The molecule has 2 fully saturated rings. The van der Waals surface area contributed by atoms with Crippen molar-refractivity contribution in [1.29, 1.82) is 0 Å². The molecule has 0 atom stereocenters. The number of nitrogens with zero attached hydrogens (tertiary/aromatic N) is 1. The Hall–Kier alpha value is -2.88. The molecule has 2 aliphatic carbocycles. The van der Waals surface area contributed by atoms with E-state index >= 15 is 0 Å². The lowest BCUT2D eigenvalue weighted by molar-refractivity contribution is 0.0952. The lowest BCUT2D eigenvalue weighted by atomic mass is 9.96. The molecule has 1 heterocycles. The van der Waals surface area contributed by atoms with Gasteiger partial charge in [0.1, 0.15) is 5.82 Å². The van der Waals surface area contributed by atoms with Gasteiger partial charge >= 0.3 is 0 Å². The van der Waals surface area contributed by atoms with E-state index in [2.05, 4.69) is 41.0 Å². The minimum atomic E-state index is 0.00310. The molecule has 2 aliphatic rings. The van der Waals surface area contributed by atoms with Crippen LogP contribution in [0.15, 0.2) is 60.7 Å². The average Bonchev–Trinajstić information content (AvgIpc) is 3.63.